The summed E-state index contributed by atoms with van der Waals surface area (Å²) in [4.78, 5) is 10.4. The number of fused-ring (bicyclic) bond motifs is 1. The Kier molecular flexibility index (Phi) is 3.95. The van der Waals surface area contributed by atoms with Crippen molar-refractivity contribution in [3.05, 3.63) is 58.1 Å². The molecule has 0 fully saturated rings. The second kappa shape index (κ2) is 5.81. The maximum atomic E-state index is 13.2. The van der Waals surface area contributed by atoms with Crippen LogP contribution in [0.5, 0.6) is 11.5 Å². The van der Waals surface area contributed by atoms with E-state index in [9.17, 15) is 19.8 Å². The van der Waals surface area contributed by atoms with E-state index in [0.717, 1.165) is 0 Å². The Labute approximate surface area is 137 Å². The topological polar surface area (TPSA) is 102 Å². The van der Waals surface area contributed by atoms with Crippen molar-refractivity contribution in [1.82, 2.24) is 0 Å². The quantitative estimate of drug-likeness (QED) is 0.512. The van der Waals surface area contributed by atoms with Crippen LogP contribution in [0.1, 0.15) is 11.4 Å². The number of aliphatic hydroxyl groups excluding tert-OH is 1. The van der Waals surface area contributed by atoms with Crippen LogP contribution in [0.15, 0.2) is 42.5 Å². The zero-order valence-corrected chi connectivity index (χ0v) is 13.8. The molecule has 1 aliphatic heterocycles. The molecule has 0 spiro atoms. The average molecular weight is 350 g/mol. The number of hydrogen-bond donors (Lipinski definition) is 1. The van der Waals surface area contributed by atoms with Gasteiger partial charge in [0.25, 0.3) is 5.69 Å². The fourth-order valence-electron chi connectivity index (χ4n) is 2.48. The number of nitro benzene ring substituents is 1. The zero-order valence-electron chi connectivity index (χ0n) is 12.9. The number of methoxy groups -OCH3 is 1. The van der Waals surface area contributed by atoms with Gasteiger partial charge in [0.05, 0.1) is 17.7 Å². The number of hydrogen-bond acceptors (Lipinski definition) is 6. The summed E-state index contributed by atoms with van der Waals surface area (Å²) in [6, 6.07) is 10.4. The Morgan fingerprint density at radius 3 is 2.54 bits per heavy atom. The van der Waals surface area contributed by atoms with Crippen LogP contribution in [-0.4, -0.2) is 24.2 Å². The Morgan fingerprint density at radius 1 is 1.29 bits per heavy atom. The second-order valence-corrected chi connectivity index (χ2v) is 7.63. The van der Waals surface area contributed by atoms with Crippen LogP contribution in [0.25, 0.3) is 0 Å². The molecule has 1 N–H and O–H groups in total. The first-order valence-corrected chi connectivity index (χ1v) is 8.65. The molecule has 126 valence electrons. The number of non-ortho nitro benzene ring substituents is 1. The Balaban J connectivity index is 1.95. The van der Waals surface area contributed by atoms with E-state index in [1.165, 1.54) is 37.0 Å². The molecule has 0 bridgehead atoms. The lowest BCUT2D eigenvalue weighted by Gasteiger charge is -2.25. The smallest absolute Gasteiger partial charge is 0.376 e. The van der Waals surface area contributed by atoms with E-state index < -0.39 is 18.3 Å². The van der Waals surface area contributed by atoms with Gasteiger partial charge >= 0.3 is 7.52 Å². The molecule has 0 aliphatic carbocycles. The van der Waals surface area contributed by atoms with Gasteiger partial charge in [-0.15, -0.1) is 0 Å². The molecule has 0 aromatic heterocycles. The van der Waals surface area contributed by atoms with Crippen molar-refractivity contribution in [3.8, 4) is 11.5 Å². The molecule has 3 rings (SSSR count). The van der Waals surface area contributed by atoms with Crippen LogP contribution in [0.4, 0.5) is 11.4 Å². The largest absolute Gasteiger partial charge is 0.497 e. The number of anilines is 1. The van der Waals surface area contributed by atoms with Crippen molar-refractivity contribution in [3.63, 3.8) is 0 Å². The van der Waals surface area contributed by atoms with Crippen molar-refractivity contribution in [2.24, 2.45) is 0 Å². The molecular formula is C15H15N2O6P. The number of benzene rings is 2. The minimum atomic E-state index is -3.70. The lowest BCUT2D eigenvalue weighted by atomic mass is 10.2. The maximum absolute atomic E-state index is 13.2. The summed E-state index contributed by atoms with van der Waals surface area (Å²) >= 11 is 0. The van der Waals surface area contributed by atoms with Gasteiger partial charge in [-0.3, -0.25) is 19.3 Å². The number of aliphatic hydroxyl groups is 1. The second-order valence-electron chi connectivity index (χ2n) is 5.23. The molecule has 0 radical (unpaired) electrons. The van der Waals surface area contributed by atoms with Gasteiger partial charge in [0, 0.05) is 19.2 Å². The normalized spacial score (nSPS) is 20.2. The number of ether oxygens (including phenoxy) is 1. The van der Waals surface area contributed by atoms with Gasteiger partial charge in [0.2, 0.25) is 0 Å². The van der Waals surface area contributed by atoms with Crippen LogP contribution < -0.4 is 13.9 Å². The lowest BCUT2D eigenvalue weighted by molar-refractivity contribution is -0.384. The molecule has 1 aliphatic rings. The molecule has 0 amide bonds. The third-order valence-electron chi connectivity index (χ3n) is 3.87. The third kappa shape index (κ3) is 2.50. The molecule has 24 heavy (non-hydrogen) atoms. The molecular weight excluding hydrogens is 335 g/mol. The summed E-state index contributed by atoms with van der Waals surface area (Å²) in [7, 11) is -0.710. The number of rotatable bonds is 4. The van der Waals surface area contributed by atoms with E-state index in [2.05, 4.69) is 0 Å². The SMILES string of the molecule is COc1ccc(C(O)P2(=O)Oc3ccc([N+](=O)[O-])cc3N2C)cc1. The molecule has 0 saturated carbocycles. The van der Waals surface area contributed by atoms with Crippen LogP contribution in [-0.2, 0) is 4.57 Å². The van der Waals surface area contributed by atoms with Crippen molar-refractivity contribution in [1.29, 1.82) is 0 Å². The standard InChI is InChI=1S/C15H15N2O6P/c1-16-13-9-11(17(19)20)5-8-14(13)23-24(16,21)15(18)10-3-6-12(22-2)7-4-10/h3-9,15,18H,1-2H3. The predicted molar refractivity (Wildman–Crippen MR) is 87.7 cm³/mol. The molecule has 2 aromatic carbocycles. The van der Waals surface area contributed by atoms with E-state index in [4.69, 9.17) is 9.26 Å². The summed E-state index contributed by atoms with van der Waals surface area (Å²) in [5.74, 6) is -0.567. The van der Waals surface area contributed by atoms with Gasteiger partial charge in [-0.25, -0.2) is 0 Å². The summed E-state index contributed by atoms with van der Waals surface area (Å²) in [5.41, 5.74) is 0.560. The van der Waals surface area contributed by atoms with Crippen LogP contribution in [0.3, 0.4) is 0 Å². The molecule has 2 unspecified atom stereocenters. The summed E-state index contributed by atoms with van der Waals surface area (Å²) in [6.07, 6.45) is 0. The fourth-order valence-corrected chi connectivity index (χ4v) is 4.47. The van der Waals surface area contributed by atoms with Crippen LogP contribution in [0, 0.1) is 10.1 Å². The number of nitrogens with zero attached hydrogens (tertiary/aromatic N) is 2. The first kappa shape index (κ1) is 16.3. The highest BCUT2D eigenvalue weighted by Crippen LogP contribution is 2.68. The summed E-state index contributed by atoms with van der Waals surface area (Å²) in [5, 5.41) is 21.5. The van der Waals surface area contributed by atoms with Crippen molar-refractivity contribution in [2.75, 3.05) is 18.8 Å². The van der Waals surface area contributed by atoms with E-state index in [1.807, 2.05) is 0 Å². The Morgan fingerprint density at radius 2 is 1.96 bits per heavy atom. The Hall–Kier alpha value is -2.57. The van der Waals surface area contributed by atoms with Gasteiger partial charge in [-0.05, 0) is 23.8 Å². The lowest BCUT2D eigenvalue weighted by Crippen LogP contribution is -2.16. The molecule has 8 nitrogen and oxygen atoms in total. The summed E-state index contributed by atoms with van der Waals surface area (Å²) in [6.45, 7) is 0. The van der Waals surface area contributed by atoms with Crippen molar-refractivity contribution < 1.29 is 23.9 Å². The predicted octanol–water partition coefficient (Wildman–Crippen LogP) is 3.32. The van der Waals surface area contributed by atoms with E-state index in [1.54, 1.807) is 24.3 Å². The van der Waals surface area contributed by atoms with Crippen molar-refractivity contribution >= 4 is 18.9 Å². The maximum Gasteiger partial charge on any atom is 0.376 e. The van der Waals surface area contributed by atoms with Gasteiger partial charge in [-0.1, -0.05) is 12.1 Å². The minimum absolute atomic E-state index is 0.142. The highest BCUT2D eigenvalue weighted by atomic mass is 31.2. The fraction of sp³-hybridized carbons (Fsp3) is 0.200. The molecule has 9 heteroatoms. The van der Waals surface area contributed by atoms with Crippen LogP contribution in [0.2, 0.25) is 0 Å². The Bertz CT molecular complexity index is 838. The first-order chi connectivity index (χ1) is 11.4. The monoisotopic (exact) mass is 350 g/mol. The van der Waals surface area contributed by atoms with Gasteiger partial charge in [0.1, 0.15) is 5.75 Å². The average Bonchev–Trinajstić information content (AvgIpc) is 2.86. The van der Waals surface area contributed by atoms with E-state index in [0.29, 0.717) is 17.0 Å². The highest BCUT2D eigenvalue weighted by Gasteiger charge is 2.47. The van der Waals surface area contributed by atoms with Gasteiger partial charge in [0.15, 0.2) is 11.6 Å². The van der Waals surface area contributed by atoms with E-state index >= 15 is 0 Å². The van der Waals surface area contributed by atoms with Gasteiger partial charge in [-0.2, -0.15) is 0 Å². The number of nitro groups is 1. The van der Waals surface area contributed by atoms with E-state index in [-0.39, 0.29) is 11.4 Å². The molecule has 1 heterocycles. The first-order valence-electron chi connectivity index (χ1n) is 7.01. The molecule has 0 saturated heterocycles. The van der Waals surface area contributed by atoms with Crippen molar-refractivity contribution in [2.45, 2.75) is 5.85 Å². The minimum Gasteiger partial charge on any atom is -0.497 e. The zero-order chi connectivity index (χ0) is 17.5. The van der Waals surface area contributed by atoms with Crippen LogP contribution >= 0.6 is 7.52 Å². The molecule has 2 aromatic rings. The molecule has 2 atom stereocenters. The highest BCUT2D eigenvalue weighted by molar-refractivity contribution is 7.61. The third-order valence-corrected chi connectivity index (χ3v) is 6.30. The summed E-state index contributed by atoms with van der Waals surface area (Å²) < 4.78 is 25.0. The van der Waals surface area contributed by atoms with Gasteiger partial charge < -0.3 is 14.4 Å².